The first kappa shape index (κ1) is 9.12. The molecule has 1 rings (SSSR count). The summed E-state index contributed by atoms with van der Waals surface area (Å²) < 4.78 is 0. The van der Waals surface area contributed by atoms with Crippen molar-refractivity contribution in [2.24, 2.45) is 0 Å². The zero-order chi connectivity index (χ0) is 8.97. The van der Waals surface area contributed by atoms with E-state index in [1.54, 1.807) is 6.20 Å². The van der Waals surface area contributed by atoms with Crippen LogP contribution in [0, 0.1) is 0 Å². The number of imidazole rings is 1. The molecule has 5 heteroatoms. The van der Waals surface area contributed by atoms with Gasteiger partial charge < -0.3 is 10.3 Å². The maximum atomic E-state index is 11.3. The van der Waals surface area contributed by atoms with Crippen LogP contribution in [-0.4, -0.2) is 27.4 Å². The second-order valence-electron chi connectivity index (χ2n) is 2.33. The van der Waals surface area contributed by atoms with E-state index >= 15 is 0 Å². The number of anilines is 1. The van der Waals surface area contributed by atoms with Crippen molar-refractivity contribution in [2.45, 2.75) is 12.2 Å². The van der Waals surface area contributed by atoms with Crippen molar-refractivity contribution in [3.63, 3.8) is 0 Å². The summed E-state index contributed by atoms with van der Waals surface area (Å²) in [5, 5.41) is 2.66. The number of hydrogen-bond acceptors (Lipinski definition) is 3. The van der Waals surface area contributed by atoms with Gasteiger partial charge in [0.2, 0.25) is 5.91 Å². The Bertz CT molecular complexity index is 247. The Kier molecular flexibility index (Phi) is 3.16. The van der Waals surface area contributed by atoms with E-state index in [-0.39, 0.29) is 11.2 Å². The highest BCUT2D eigenvalue weighted by molar-refractivity contribution is 7.99. The second kappa shape index (κ2) is 4.15. The fourth-order valence-corrected chi connectivity index (χ4v) is 0.939. The van der Waals surface area contributed by atoms with E-state index in [2.05, 4.69) is 15.3 Å². The van der Waals surface area contributed by atoms with Crippen LogP contribution < -0.4 is 5.32 Å². The first-order valence-corrected chi connectivity index (χ1v) is 4.85. The lowest BCUT2D eigenvalue weighted by molar-refractivity contribution is -0.115. The molecule has 0 saturated carbocycles. The van der Waals surface area contributed by atoms with Gasteiger partial charge in [0, 0.05) is 0 Å². The summed E-state index contributed by atoms with van der Waals surface area (Å²) in [7, 11) is 0. The lowest BCUT2D eigenvalue weighted by atomic mass is 10.4. The summed E-state index contributed by atoms with van der Waals surface area (Å²) in [6.45, 7) is 1.86. The minimum Gasteiger partial charge on any atom is -0.331 e. The van der Waals surface area contributed by atoms with E-state index in [0.29, 0.717) is 5.82 Å². The second-order valence-corrected chi connectivity index (χ2v) is 3.51. The SMILES string of the molecule is CSC(C)C(=O)Nc1cnc[nH]1. The quantitative estimate of drug-likeness (QED) is 0.741. The van der Waals surface area contributed by atoms with Crippen LogP contribution in [0.15, 0.2) is 12.5 Å². The minimum atomic E-state index is -0.0340. The number of aromatic amines is 1. The van der Waals surface area contributed by atoms with Crippen molar-refractivity contribution in [2.75, 3.05) is 11.6 Å². The molecule has 1 aromatic rings. The zero-order valence-corrected chi connectivity index (χ0v) is 7.81. The Balaban J connectivity index is 2.47. The van der Waals surface area contributed by atoms with Gasteiger partial charge in [-0.05, 0) is 13.2 Å². The first-order valence-electron chi connectivity index (χ1n) is 3.56. The molecule has 1 atom stereocenters. The average molecular weight is 185 g/mol. The molecule has 1 heterocycles. The van der Waals surface area contributed by atoms with Gasteiger partial charge in [0.15, 0.2) is 0 Å². The summed E-state index contributed by atoms with van der Waals surface area (Å²) in [5.41, 5.74) is 0. The molecule has 0 aliphatic carbocycles. The van der Waals surface area contributed by atoms with Crippen LogP contribution in [0.3, 0.4) is 0 Å². The maximum absolute atomic E-state index is 11.3. The topological polar surface area (TPSA) is 57.8 Å². The van der Waals surface area contributed by atoms with Crippen LogP contribution in [0.5, 0.6) is 0 Å². The highest BCUT2D eigenvalue weighted by atomic mass is 32.2. The van der Waals surface area contributed by atoms with Crippen molar-refractivity contribution in [3.05, 3.63) is 12.5 Å². The van der Waals surface area contributed by atoms with E-state index in [1.807, 2.05) is 13.2 Å². The molecule has 4 nitrogen and oxygen atoms in total. The first-order chi connectivity index (χ1) is 5.74. The molecular formula is C7H11N3OS. The molecule has 0 bridgehead atoms. The molecule has 12 heavy (non-hydrogen) atoms. The zero-order valence-electron chi connectivity index (χ0n) is 7.00. The third kappa shape index (κ3) is 2.27. The fraction of sp³-hybridized carbons (Fsp3) is 0.429. The number of amides is 1. The van der Waals surface area contributed by atoms with Gasteiger partial charge in [-0.25, -0.2) is 4.98 Å². The lowest BCUT2D eigenvalue weighted by Crippen LogP contribution is -2.22. The Labute approximate surface area is 75.2 Å². The molecule has 0 aromatic carbocycles. The molecule has 1 aromatic heterocycles. The molecule has 2 N–H and O–H groups in total. The predicted octanol–water partition coefficient (Wildman–Crippen LogP) is 1.10. The van der Waals surface area contributed by atoms with Crippen molar-refractivity contribution in [3.8, 4) is 0 Å². The monoisotopic (exact) mass is 185 g/mol. The number of carbonyl (C=O) groups excluding carboxylic acids is 1. The third-order valence-electron chi connectivity index (χ3n) is 1.48. The van der Waals surface area contributed by atoms with E-state index < -0.39 is 0 Å². The van der Waals surface area contributed by atoms with E-state index in [4.69, 9.17) is 0 Å². The number of thioether (sulfide) groups is 1. The largest absolute Gasteiger partial charge is 0.331 e. The van der Waals surface area contributed by atoms with Gasteiger partial charge in [0.05, 0.1) is 17.8 Å². The van der Waals surface area contributed by atoms with Crippen LogP contribution in [0.2, 0.25) is 0 Å². The molecule has 0 saturated heterocycles. The normalized spacial score (nSPS) is 12.5. The molecule has 0 aliphatic rings. The number of nitrogens with zero attached hydrogens (tertiary/aromatic N) is 1. The van der Waals surface area contributed by atoms with Crippen LogP contribution in [-0.2, 0) is 4.79 Å². The molecule has 1 unspecified atom stereocenters. The van der Waals surface area contributed by atoms with Crippen LogP contribution >= 0.6 is 11.8 Å². The Morgan fingerprint density at radius 3 is 3.08 bits per heavy atom. The summed E-state index contributed by atoms with van der Waals surface area (Å²) in [6.07, 6.45) is 5.00. The summed E-state index contributed by atoms with van der Waals surface area (Å²) in [6, 6.07) is 0. The Morgan fingerprint density at radius 1 is 1.83 bits per heavy atom. The molecule has 0 aliphatic heterocycles. The van der Waals surface area contributed by atoms with Gasteiger partial charge in [0.1, 0.15) is 5.82 Å². The number of nitrogens with one attached hydrogen (secondary N) is 2. The highest BCUT2D eigenvalue weighted by Gasteiger charge is 2.10. The van der Waals surface area contributed by atoms with Crippen molar-refractivity contribution in [1.82, 2.24) is 9.97 Å². The van der Waals surface area contributed by atoms with Crippen LogP contribution in [0.25, 0.3) is 0 Å². The van der Waals surface area contributed by atoms with E-state index in [9.17, 15) is 4.79 Å². The van der Waals surface area contributed by atoms with Gasteiger partial charge in [-0.2, -0.15) is 11.8 Å². The van der Waals surface area contributed by atoms with Gasteiger partial charge in [-0.3, -0.25) is 4.79 Å². The summed E-state index contributed by atoms with van der Waals surface area (Å²) >= 11 is 1.51. The van der Waals surface area contributed by atoms with Gasteiger partial charge in [-0.15, -0.1) is 0 Å². The van der Waals surface area contributed by atoms with Crippen LogP contribution in [0.1, 0.15) is 6.92 Å². The minimum absolute atomic E-state index is 0.00764. The fourth-order valence-electron chi connectivity index (χ4n) is 0.666. The molecule has 0 spiro atoms. The molecule has 66 valence electrons. The van der Waals surface area contributed by atoms with Gasteiger partial charge >= 0.3 is 0 Å². The Hall–Kier alpha value is -0.970. The van der Waals surface area contributed by atoms with Crippen molar-refractivity contribution >= 4 is 23.5 Å². The molecule has 1 amide bonds. The summed E-state index contributed by atoms with van der Waals surface area (Å²) in [5.74, 6) is 0.632. The predicted molar refractivity (Wildman–Crippen MR) is 50.2 cm³/mol. The molecule has 0 radical (unpaired) electrons. The standard InChI is InChI=1S/C7H11N3OS/c1-5(12-2)7(11)10-6-3-8-4-9-6/h3-5H,1-2H3,(H,8,9)(H,10,11). The van der Waals surface area contributed by atoms with Crippen molar-refractivity contribution < 1.29 is 4.79 Å². The summed E-state index contributed by atoms with van der Waals surface area (Å²) in [4.78, 5) is 17.8. The van der Waals surface area contributed by atoms with Gasteiger partial charge in [-0.1, -0.05) is 0 Å². The number of carbonyl (C=O) groups is 1. The maximum Gasteiger partial charge on any atom is 0.238 e. The van der Waals surface area contributed by atoms with Crippen molar-refractivity contribution in [1.29, 1.82) is 0 Å². The van der Waals surface area contributed by atoms with E-state index in [0.717, 1.165) is 0 Å². The van der Waals surface area contributed by atoms with E-state index in [1.165, 1.54) is 18.1 Å². The number of aromatic nitrogens is 2. The number of H-pyrrole nitrogens is 1. The smallest absolute Gasteiger partial charge is 0.238 e. The molecule has 0 fully saturated rings. The third-order valence-corrected chi connectivity index (χ3v) is 2.40. The van der Waals surface area contributed by atoms with Gasteiger partial charge in [0.25, 0.3) is 0 Å². The Morgan fingerprint density at radius 2 is 2.58 bits per heavy atom. The lowest BCUT2D eigenvalue weighted by Gasteiger charge is -2.06. The molecular weight excluding hydrogens is 174 g/mol. The number of hydrogen-bond donors (Lipinski definition) is 2. The highest BCUT2D eigenvalue weighted by Crippen LogP contribution is 2.08. The number of rotatable bonds is 3. The average Bonchev–Trinajstić information content (AvgIpc) is 2.55. The van der Waals surface area contributed by atoms with Crippen LogP contribution in [0.4, 0.5) is 5.82 Å².